The number of likely N-dealkylation sites (N-methyl/N-ethyl adjacent to an activating group) is 1. The third kappa shape index (κ3) is 3.88. The first-order valence-corrected chi connectivity index (χ1v) is 9.55. The monoisotopic (exact) mass is 363 g/mol. The van der Waals surface area contributed by atoms with Gasteiger partial charge in [-0.15, -0.1) is 0 Å². The SMILES string of the molecule is CN1CCN(c2ccc(NC(=O)C3CC(=O)c4ccccc4C3)cc2)CC1. The second kappa shape index (κ2) is 7.53. The van der Waals surface area contributed by atoms with Crippen LogP contribution in [0.15, 0.2) is 48.5 Å². The number of benzene rings is 2. The smallest absolute Gasteiger partial charge is 0.228 e. The summed E-state index contributed by atoms with van der Waals surface area (Å²) in [6.45, 7) is 4.17. The van der Waals surface area contributed by atoms with Crippen molar-refractivity contribution in [2.45, 2.75) is 12.8 Å². The molecule has 1 N–H and O–H groups in total. The van der Waals surface area contributed by atoms with Crippen LogP contribution in [0.5, 0.6) is 0 Å². The largest absolute Gasteiger partial charge is 0.369 e. The predicted molar refractivity (Wildman–Crippen MR) is 107 cm³/mol. The molecule has 0 spiro atoms. The number of carbonyl (C=O) groups excluding carboxylic acids is 2. The number of fused-ring (bicyclic) bond motifs is 1. The first kappa shape index (κ1) is 17.7. The Morgan fingerprint density at radius 2 is 1.67 bits per heavy atom. The van der Waals surface area contributed by atoms with E-state index in [0.29, 0.717) is 6.42 Å². The summed E-state index contributed by atoms with van der Waals surface area (Å²) in [4.78, 5) is 29.7. The summed E-state index contributed by atoms with van der Waals surface area (Å²) < 4.78 is 0. The highest BCUT2D eigenvalue weighted by atomic mass is 16.2. The Morgan fingerprint density at radius 3 is 2.41 bits per heavy atom. The summed E-state index contributed by atoms with van der Waals surface area (Å²) in [6.07, 6.45) is 0.898. The van der Waals surface area contributed by atoms with Gasteiger partial charge in [-0.25, -0.2) is 0 Å². The molecule has 2 aliphatic rings. The lowest BCUT2D eigenvalue weighted by atomic mass is 9.82. The van der Waals surface area contributed by atoms with Crippen LogP contribution in [0.1, 0.15) is 22.3 Å². The summed E-state index contributed by atoms with van der Waals surface area (Å²) >= 11 is 0. The molecule has 0 bridgehead atoms. The average molecular weight is 363 g/mol. The van der Waals surface area contributed by atoms with Crippen molar-refractivity contribution in [3.05, 3.63) is 59.7 Å². The number of nitrogens with one attached hydrogen (secondary N) is 1. The Kier molecular flexibility index (Phi) is 4.94. The number of anilines is 2. The molecule has 1 fully saturated rings. The molecule has 0 aromatic heterocycles. The van der Waals surface area contributed by atoms with Gasteiger partial charge < -0.3 is 15.1 Å². The molecule has 1 saturated heterocycles. The molecule has 1 atom stereocenters. The van der Waals surface area contributed by atoms with E-state index in [2.05, 4.69) is 34.3 Å². The third-order valence-electron chi connectivity index (χ3n) is 5.59. The number of Topliss-reactive ketones (excluding diaryl/α,β-unsaturated/α-hetero) is 1. The van der Waals surface area contributed by atoms with Crippen molar-refractivity contribution in [3.63, 3.8) is 0 Å². The van der Waals surface area contributed by atoms with E-state index in [1.165, 1.54) is 5.69 Å². The maximum Gasteiger partial charge on any atom is 0.228 e. The predicted octanol–water partition coefficient (Wildman–Crippen LogP) is 2.82. The van der Waals surface area contributed by atoms with E-state index in [-0.39, 0.29) is 24.0 Å². The molecule has 1 aliphatic heterocycles. The lowest BCUT2D eigenvalue weighted by molar-refractivity contribution is -0.119. The molecule has 5 nitrogen and oxygen atoms in total. The van der Waals surface area contributed by atoms with Crippen LogP contribution in [-0.2, 0) is 11.2 Å². The van der Waals surface area contributed by atoms with Gasteiger partial charge in [0.2, 0.25) is 5.91 Å². The van der Waals surface area contributed by atoms with Crippen molar-refractivity contribution in [1.29, 1.82) is 0 Å². The Balaban J connectivity index is 1.39. The molecule has 27 heavy (non-hydrogen) atoms. The molecule has 5 heteroatoms. The van der Waals surface area contributed by atoms with Crippen LogP contribution in [0.3, 0.4) is 0 Å². The third-order valence-corrected chi connectivity index (χ3v) is 5.59. The minimum Gasteiger partial charge on any atom is -0.369 e. The van der Waals surface area contributed by atoms with Gasteiger partial charge in [0.15, 0.2) is 5.78 Å². The molecule has 4 rings (SSSR count). The number of hydrogen-bond donors (Lipinski definition) is 1. The maximum absolute atomic E-state index is 12.7. The minimum atomic E-state index is -0.301. The van der Waals surface area contributed by atoms with E-state index in [4.69, 9.17) is 0 Å². The summed E-state index contributed by atoms with van der Waals surface area (Å²) in [5.41, 5.74) is 3.70. The van der Waals surface area contributed by atoms with Crippen molar-refractivity contribution in [3.8, 4) is 0 Å². The zero-order valence-electron chi connectivity index (χ0n) is 15.6. The molecule has 1 aliphatic carbocycles. The second-order valence-electron chi connectivity index (χ2n) is 7.51. The highest BCUT2D eigenvalue weighted by Crippen LogP contribution is 2.27. The Hall–Kier alpha value is -2.66. The fraction of sp³-hybridized carbons (Fsp3) is 0.364. The van der Waals surface area contributed by atoms with E-state index < -0.39 is 0 Å². The van der Waals surface area contributed by atoms with E-state index in [1.54, 1.807) is 0 Å². The fourth-order valence-corrected chi connectivity index (χ4v) is 3.89. The molecule has 1 amide bonds. The minimum absolute atomic E-state index is 0.0578. The van der Waals surface area contributed by atoms with E-state index in [9.17, 15) is 9.59 Å². The molecule has 2 aromatic rings. The molecular formula is C22H25N3O2. The number of carbonyl (C=O) groups is 2. The van der Waals surface area contributed by atoms with Crippen molar-refractivity contribution >= 4 is 23.1 Å². The van der Waals surface area contributed by atoms with Crippen molar-refractivity contribution in [1.82, 2.24) is 4.90 Å². The topological polar surface area (TPSA) is 52.6 Å². The van der Waals surface area contributed by atoms with Crippen LogP contribution < -0.4 is 10.2 Å². The number of nitrogens with zero attached hydrogens (tertiary/aromatic N) is 2. The van der Waals surface area contributed by atoms with Crippen LogP contribution in [0.25, 0.3) is 0 Å². The Morgan fingerprint density at radius 1 is 0.963 bits per heavy atom. The standard InChI is InChI=1S/C22H25N3O2/c1-24-10-12-25(13-11-24)19-8-6-18(7-9-19)23-22(27)17-14-16-4-2-3-5-20(16)21(26)15-17/h2-9,17H,10-15H2,1H3,(H,23,27). The normalized spacial score (nSPS) is 20.3. The zero-order chi connectivity index (χ0) is 18.8. The fourth-order valence-electron chi connectivity index (χ4n) is 3.89. The van der Waals surface area contributed by atoms with Gasteiger partial charge in [0.05, 0.1) is 0 Å². The number of rotatable bonds is 3. The number of ketones is 1. The van der Waals surface area contributed by atoms with Crippen molar-refractivity contribution in [2.24, 2.45) is 5.92 Å². The zero-order valence-corrected chi connectivity index (χ0v) is 15.6. The number of hydrogen-bond acceptors (Lipinski definition) is 4. The first-order valence-electron chi connectivity index (χ1n) is 9.55. The van der Waals surface area contributed by atoms with Gasteiger partial charge in [-0.3, -0.25) is 9.59 Å². The quantitative estimate of drug-likeness (QED) is 0.911. The molecule has 2 aromatic carbocycles. The lowest BCUT2D eigenvalue weighted by Gasteiger charge is -2.34. The summed E-state index contributed by atoms with van der Waals surface area (Å²) in [7, 11) is 2.14. The van der Waals surface area contributed by atoms with Crippen LogP contribution >= 0.6 is 0 Å². The molecule has 140 valence electrons. The van der Waals surface area contributed by atoms with Gasteiger partial charge >= 0.3 is 0 Å². The molecule has 0 saturated carbocycles. The summed E-state index contributed by atoms with van der Waals surface area (Å²) in [6, 6.07) is 15.6. The highest BCUT2D eigenvalue weighted by Gasteiger charge is 2.29. The molecular weight excluding hydrogens is 338 g/mol. The van der Waals surface area contributed by atoms with E-state index in [0.717, 1.165) is 43.0 Å². The van der Waals surface area contributed by atoms with Crippen molar-refractivity contribution in [2.75, 3.05) is 43.4 Å². The molecule has 1 heterocycles. The van der Waals surface area contributed by atoms with Gasteiger partial charge in [-0.2, -0.15) is 0 Å². The summed E-state index contributed by atoms with van der Waals surface area (Å²) in [5.74, 6) is -0.322. The molecule has 1 unspecified atom stereocenters. The average Bonchev–Trinajstić information content (AvgIpc) is 2.69. The van der Waals surface area contributed by atoms with Gasteiger partial charge in [0, 0.05) is 55.5 Å². The van der Waals surface area contributed by atoms with Crippen LogP contribution in [0, 0.1) is 5.92 Å². The van der Waals surface area contributed by atoms with Crippen LogP contribution in [-0.4, -0.2) is 49.8 Å². The Bertz CT molecular complexity index is 839. The van der Waals surface area contributed by atoms with Gasteiger partial charge in [0.1, 0.15) is 0 Å². The summed E-state index contributed by atoms with van der Waals surface area (Å²) in [5, 5.41) is 2.98. The van der Waals surface area contributed by atoms with Gasteiger partial charge in [-0.05, 0) is 43.3 Å². The Labute approximate surface area is 160 Å². The van der Waals surface area contributed by atoms with E-state index in [1.807, 2.05) is 36.4 Å². The lowest BCUT2D eigenvalue weighted by Crippen LogP contribution is -2.44. The van der Waals surface area contributed by atoms with Gasteiger partial charge in [0.25, 0.3) is 0 Å². The number of amides is 1. The van der Waals surface area contributed by atoms with Gasteiger partial charge in [-0.1, -0.05) is 24.3 Å². The maximum atomic E-state index is 12.7. The van der Waals surface area contributed by atoms with Crippen LogP contribution in [0.4, 0.5) is 11.4 Å². The number of piperazine rings is 1. The van der Waals surface area contributed by atoms with Crippen molar-refractivity contribution < 1.29 is 9.59 Å². The van der Waals surface area contributed by atoms with Crippen LogP contribution in [0.2, 0.25) is 0 Å². The first-order chi connectivity index (χ1) is 13.1. The molecule has 0 radical (unpaired) electrons. The van der Waals surface area contributed by atoms with E-state index >= 15 is 0 Å². The second-order valence-corrected chi connectivity index (χ2v) is 7.51. The highest BCUT2D eigenvalue weighted by molar-refractivity contribution is 6.03.